The summed E-state index contributed by atoms with van der Waals surface area (Å²) in [6.07, 6.45) is -4.94. The highest BCUT2D eigenvalue weighted by atomic mass is 32.2. The summed E-state index contributed by atoms with van der Waals surface area (Å²) < 4.78 is 104. The summed E-state index contributed by atoms with van der Waals surface area (Å²) in [6.45, 7) is 0.673. The third-order valence-corrected chi connectivity index (χ3v) is 5.93. The van der Waals surface area contributed by atoms with Crippen molar-refractivity contribution in [2.24, 2.45) is 0 Å². The van der Waals surface area contributed by atoms with E-state index < -0.39 is 72.4 Å². The zero-order valence-electron chi connectivity index (χ0n) is 15.4. The molecule has 1 unspecified atom stereocenters. The lowest BCUT2D eigenvalue weighted by molar-refractivity contribution is -0.137. The maximum atomic E-state index is 13.8. The molecule has 1 atom stereocenters. The highest BCUT2D eigenvalue weighted by molar-refractivity contribution is 7.91. The SMILES string of the molecule is CC(O)(CS(=O)(=O)c1ccc(F)c(F)c1F)C(=O)Nc1ccc(C#N)c(C(F)(F)F)c1. The molecule has 0 spiro atoms. The maximum Gasteiger partial charge on any atom is 0.417 e. The quantitative estimate of drug-likeness (QED) is 0.400. The Morgan fingerprint density at radius 1 is 1.13 bits per heavy atom. The van der Waals surface area contributed by atoms with E-state index in [-0.39, 0.29) is 0 Å². The van der Waals surface area contributed by atoms with Crippen LogP contribution in [0.5, 0.6) is 0 Å². The molecule has 6 nitrogen and oxygen atoms in total. The van der Waals surface area contributed by atoms with Crippen LogP contribution in [-0.2, 0) is 20.8 Å². The Morgan fingerprint density at radius 2 is 1.74 bits per heavy atom. The number of sulfone groups is 1. The van der Waals surface area contributed by atoms with E-state index in [1.807, 2.05) is 5.32 Å². The van der Waals surface area contributed by atoms with Crippen molar-refractivity contribution in [1.29, 1.82) is 5.26 Å². The molecular formula is C18H12F6N2O4S. The number of nitrogens with zero attached hydrogens (tertiary/aromatic N) is 1. The first kappa shape index (κ1) is 24.2. The van der Waals surface area contributed by atoms with Crippen molar-refractivity contribution in [2.45, 2.75) is 23.6 Å². The van der Waals surface area contributed by atoms with Gasteiger partial charge in [0.2, 0.25) is 0 Å². The molecule has 2 N–H and O–H groups in total. The van der Waals surface area contributed by atoms with E-state index in [1.165, 1.54) is 6.07 Å². The maximum absolute atomic E-state index is 13.8. The minimum absolute atomic E-state index is 0.329. The van der Waals surface area contributed by atoms with Gasteiger partial charge in [-0.3, -0.25) is 4.79 Å². The molecule has 2 aromatic rings. The van der Waals surface area contributed by atoms with Crippen molar-refractivity contribution in [3.05, 3.63) is 58.9 Å². The van der Waals surface area contributed by atoms with E-state index in [4.69, 9.17) is 5.26 Å². The number of halogens is 6. The Labute approximate surface area is 171 Å². The number of carbonyl (C=O) groups excluding carboxylic acids is 1. The van der Waals surface area contributed by atoms with Crippen molar-refractivity contribution < 1.29 is 44.7 Å². The lowest BCUT2D eigenvalue weighted by Crippen LogP contribution is -2.46. The van der Waals surface area contributed by atoms with Crippen LogP contribution in [0.25, 0.3) is 0 Å². The first-order chi connectivity index (χ1) is 14.1. The minimum Gasteiger partial charge on any atom is -0.379 e. The Morgan fingerprint density at radius 3 is 2.29 bits per heavy atom. The Kier molecular flexibility index (Phi) is 6.39. The van der Waals surface area contributed by atoms with Crippen molar-refractivity contribution in [3.63, 3.8) is 0 Å². The van der Waals surface area contributed by atoms with E-state index in [9.17, 15) is 44.7 Å². The fourth-order valence-corrected chi connectivity index (χ4v) is 4.15. The van der Waals surface area contributed by atoms with Gasteiger partial charge in [-0.25, -0.2) is 21.6 Å². The van der Waals surface area contributed by atoms with Gasteiger partial charge in [0.25, 0.3) is 5.91 Å². The van der Waals surface area contributed by atoms with Crippen LogP contribution in [0.4, 0.5) is 32.0 Å². The van der Waals surface area contributed by atoms with Crippen molar-refractivity contribution in [2.75, 3.05) is 11.1 Å². The smallest absolute Gasteiger partial charge is 0.379 e. The van der Waals surface area contributed by atoms with Gasteiger partial charge in [0, 0.05) is 5.69 Å². The highest BCUT2D eigenvalue weighted by Crippen LogP contribution is 2.34. The summed E-state index contributed by atoms with van der Waals surface area (Å²) in [5.41, 5.74) is -5.46. The monoisotopic (exact) mass is 466 g/mol. The fourth-order valence-electron chi connectivity index (χ4n) is 2.48. The second-order valence-corrected chi connectivity index (χ2v) is 8.49. The Hall–Kier alpha value is -3.11. The second kappa shape index (κ2) is 8.20. The number of carbonyl (C=O) groups is 1. The third-order valence-electron chi connectivity index (χ3n) is 4.00. The first-order valence-electron chi connectivity index (χ1n) is 8.11. The van der Waals surface area contributed by atoms with Crippen LogP contribution in [0.2, 0.25) is 0 Å². The lowest BCUT2D eigenvalue weighted by Gasteiger charge is -2.23. The molecule has 2 rings (SSSR count). The first-order valence-corrected chi connectivity index (χ1v) is 9.77. The molecule has 0 heterocycles. The van der Waals surface area contributed by atoms with E-state index in [0.717, 1.165) is 12.1 Å². The molecule has 13 heteroatoms. The number of anilines is 1. The highest BCUT2D eigenvalue weighted by Gasteiger charge is 2.39. The van der Waals surface area contributed by atoms with Gasteiger partial charge in [0.15, 0.2) is 32.9 Å². The average Bonchev–Trinajstić information content (AvgIpc) is 2.64. The topological polar surface area (TPSA) is 107 Å². The number of amides is 1. The minimum atomic E-state index is -4.94. The molecule has 0 fully saturated rings. The van der Waals surface area contributed by atoms with Crippen LogP contribution in [0.3, 0.4) is 0 Å². The van der Waals surface area contributed by atoms with Crippen molar-refractivity contribution >= 4 is 21.4 Å². The Bertz CT molecular complexity index is 1190. The largest absolute Gasteiger partial charge is 0.417 e. The number of rotatable bonds is 5. The zero-order valence-corrected chi connectivity index (χ0v) is 16.2. The molecule has 0 radical (unpaired) electrons. The van der Waals surface area contributed by atoms with Gasteiger partial charge >= 0.3 is 6.18 Å². The molecule has 0 aromatic heterocycles. The number of benzene rings is 2. The molecule has 0 aliphatic heterocycles. The number of nitrogens with one attached hydrogen (secondary N) is 1. The number of hydrogen-bond donors (Lipinski definition) is 2. The molecular weight excluding hydrogens is 454 g/mol. The van der Waals surface area contributed by atoms with Gasteiger partial charge in [-0.05, 0) is 37.3 Å². The molecule has 0 aliphatic carbocycles. The summed E-state index contributed by atoms with van der Waals surface area (Å²) in [7, 11) is -4.88. The number of hydrogen-bond acceptors (Lipinski definition) is 5. The summed E-state index contributed by atoms with van der Waals surface area (Å²) in [6, 6.07) is 4.10. The van der Waals surface area contributed by atoms with Crippen molar-refractivity contribution in [3.8, 4) is 6.07 Å². The van der Waals surface area contributed by atoms with Crippen LogP contribution in [-0.4, -0.2) is 30.8 Å². The predicted molar refractivity (Wildman–Crippen MR) is 93.8 cm³/mol. The van der Waals surface area contributed by atoms with E-state index >= 15 is 0 Å². The van der Waals surface area contributed by atoms with E-state index in [2.05, 4.69) is 0 Å². The second-order valence-electron chi connectivity index (χ2n) is 6.53. The van der Waals surface area contributed by atoms with Crippen LogP contribution < -0.4 is 5.32 Å². The molecule has 0 aliphatic rings. The van der Waals surface area contributed by atoms with E-state index in [0.29, 0.717) is 25.1 Å². The molecule has 1 amide bonds. The standard InChI is InChI=1S/C18H12F6N2O4S/c1-17(28,8-31(29,30)13-5-4-12(19)14(20)15(13)21)16(27)26-10-3-2-9(7-25)11(6-10)18(22,23)24/h2-6,28H,8H2,1H3,(H,26,27). The molecule has 0 saturated heterocycles. The van der Waals surface area contributed by atoms with Gasteiger partial charge in [-0.2, -0.15) is 18.4 Å². The average molecular weight is 466 g/mol. The fraction of sp³-hybridized carbons (Fsp3) is 0.222. The predicted octanol–water partition coefficient (Wildman–Crippen LogP) is 3.16. The summed E-state index contributed by atoms with van der Waals surface area (Å²) >= 11 is 0. The van der Waals surface area contributed by atoms with Gasteiger partial charge in [0.05, 0.1) is 22.9 Å². The van der Waals surface area contributed by atoms with Gasteiger partial charge in [-0.1, -0.05) is 0 Å². The van der Waals surface area contributed by atoms with E-state index in [1.54, 1.807) is 0 Å². The normalized spacial score (nSPS) is 13.9. The van der Waals surface area contributed by atoms with Crippen LogP contribution in [0, 0.1) is 28.8 Å². The van der Waals surface area contributed by atoms with Gasteiger partial charge in [0.1, 0.15) is 4.90 Å². The number of alkyl halides is 3. The van der Waals surface area contributed by atoms with Crippen LogP contribution in [0.15, 0.2) is 35.2 Å². The number of nitriles is 1. The third kappa shape index (κ3) is 5.15. The lowest BCUT2D eigenvalue weighted by atomic mass is 10.1. The van der Waals surface area contributed by atoms with Crippen LogP contribution >= 0.6 is 0 Å². The number of aliphatic hydroxyl groups is 1. The summed E-state index contributed by atoms with van der Waals surface area (Å²) in [5.74, 6) is -8.80. The van der Waals surface area contributed by atoms with Crippen molar-refractivity contribution in [1.82, 2.24) is 0 Å². The molecule has 0 bridgehead atoms. The molecule has 31 heavy (non-hydrogen) atoms. The molecule has 2 aromatic carbocycles. The van der Waals surface area contributed by atoms with Crippen LogP contribution in [0.1, 0.15) is 18.1 Å². The van der Waals surface area contributed by atoms with Gasteiger partial charge < -0.3 is 10.4 Å². The molecule has 0 saturated carbocycles. The Balaban J connectivity index is 2.32. The zero-order chi connectivity index (χ0) is 23.8. The summed E-state index contributed by atoms with van der Waals surface area (Å²) in [4.78, 5) is 10.9. The van der Waals surface area contributed by atoms with Gasteiger partial charge in [-0.15, -0.1) is 0 Å². The summed E-state index contributed by atoms with van der Waals surface area (Å²) in [5, 5.41) is 20.8. The molecule has 166 valence electrons.